The van der Waals surface area contributed by atoms with Crippen molar-refractivity contribution in [3.63, 3.8) is 0 Å². The van der Waals surface area contributed by atoms with E-state index >= 15 is 0 Å². The van der Waals surface area contributed by atoms with Gasteiger partial charge in [0.25, 0.3) is 0 Å². The minimum atomic E-state index is -0.200. The summed E-state index contributed by atoms with van der Waals surface area (Å²) < 4.78 is 12.7. The van der Waals surface area contributed by atoms with Gasteiger partial charge in [0.15, 0.2) is 0 Å². The molecule has 0 aromatic carbocycles. The Morgan fingerprint density at radius 1 is 1.31 bits per heavy atom. The van der Waals surface area contributed by atoms with Crippen LogP contribution in [0.15, 0.2) is 12.1 Å². The normalized spacial score (nSPS) is 14.8. The van der Waals surface area contributed by atoms with E-state index in [0.717, 1.165) is 5.69 Å². The van der Waals surface area contributed by atoms with E-state index < -0.39 is 0 Å². The Hall–Kier alpha value is -0.920. The van der Waals surface area contributed by atoms with Crippen molar-refractivity contribution >= 4 is 0 Å². The molecule has 0 radical (unpaired) electrons. The summed E-state index contributed by atoms with van der Waals surface area (Å²) in [6.45, 7) is 5.71. The molecule has 0 aliphatic heterocycles. The van der Waals surface area contributed by atoms with Gasteiger partial charge < -0.3 is 0 Å². The molecule has 1 aliphatic carbocycles. The fourth-order valence-corrected chi connectivity index (χ4v) is 1.17. The highest BCUT2D eigenvalue weighted by Crippen LogP contribution is 2.38. The summed E-state index contributed by atoms with van der Waals surface area (Å²) in [6.07, 6.45) is 2.44. The molecule has 72 valence electrons. The van der Waals surface area contributed by atoms with Gasteiger partial charge in [0, 0.05) is 11.6 Å². The lowest BCUT2D eigenvalue weighted by molar-refractivity contribution is 0.607. The van der Waals surface area contributed by atoms with Gasteiger partial charge >= 0.3 is 0 Å². The number of pyridine rings is 1. The monoisotopic (exact) mass is 181 g/mol. The quantitative estimate of drug-likeness (QED) is 0.646. The molecule has 2 heteroatoms. The van der Waals surface area contributed by atoms with Crippen molar-refractivity contribution in [2.75, 3.05) is 0 Å². The highest BCUT2D eigenvalue weighted by atomic mass is 19.1. The number of aryl methyl sites for hydroxylation is 1. The number of rotatable bonds is 1. The van der Waals surface area contributed by atoms with Crippen molar-refractivity contribution < 1.29 is 4.39 Å². The molecule has 0 bridgehead atoms. The third-order valence-corrected chi connectivity index (χ3v) is 2.04. The molecule has 0 spiro atoms. The van der Waals surface area contributed by atoms with E-state index in [-0.39, 0.29) is 5.82 Å². The van der Waals surface area contributed by atoms with E-state index in [1.54, 1.807) is 13.0 Å². The van der Waals surface area contributed by atoms with Crippen LogP contribution in [0.2, 0.25) is 0 Å². The summed E-state index contributed by atoms with van der Waals surface area (Å²) in [5.74, 6) is 0.420. The molecular weight excluding hydrogens is 165 g/mol. The summed E-state index contributed by atoms with van der Waals surface area (Å²) in [6, 6.07) is 3.30. The van der Waals surface area contributed by atoms with Crippen molar-refractivity contribution in [2.45, 2.75) is 39.5 Å². The van der Waals surface area contributed by atoms with Crippen LogP contribution in [-0.2, 0) is 0 Å². The average molecular weight is 181 g/mol. The van der Waals surface area contributed by atoms with Crippen molar-refractivity contribution in [3.05, 3.63) is 29.3 Å². The molecule has 1 fully saturated rings. The first kappa shape index (κ1) is 10.2. The smallest absolute Gasteiger partial charge is 0.144 e. The molecule has 0 atom stereocenters. The first-order valence-electron chi connectivity index (χ1n) is 4.90. The Morgan fingerprint density at radius 3 is 2.38 bits per heavy atom. The van der Waals surface area contributed by atoms with E-state index in [1.165, 1.54) is 18.9 Å². The van der Waals surface area contributed by atoms with E-state index in [4.69, 9.17) is 0 Å². The number of aromatic nitrogens is 1. The predicted molar refractivity (Wildman–Crippen MR) is 52.3 cm³/mol. The predicted octanol–water partition coefficient (Wildman–Crippen LogP) is 3.43. The fourth-order valence-electron chi connectivity index (χ4n) is 1.17. The summed E-state index contributed by atoms with van der Waals surface area (Å²) in [4.78, 5) is 4.16. The molecule has 0 saturated heterocycles. The number of nitrogens with zero attached hydrogens (tertiary/aromatic N) is 1. The van der Waals surface area contributed by atoms with Gasteiger partial charge in [0.2, 0.25) is 0 Å². The van der Waals surface area contributed by atoms with Crippen molar-refractivity contribution in [2.24, 2.45) is 0 Å². The van der Waals surface area contributed by atoms with E-state index in [0.29, 0.717) is 11.6 Å². The molecule has 0 amide bonds. The maximum atomic E-state index is 12.7. The molecule has 13 heavy (non-hydrogen) atoms. The Balaban J connectivity index is 0.000000396. The largest absolute Gasteiger partial charge is 0.255 e. The van der Waals surface area contributed by atoms with E-state index in [1.807, 2.05) is 13.8 Å². The second-order valence-electron chi connectivity index (χ2n) is 3.08. The molecule has 0 unspecified atom stereocenters. The van der Waals surface area contributed by atoms with Gasteiger partial charge in [-0.15, -0.1) is 0 Å². The molecule has 1 nitrogen and oxygen atoms in total. The Kier molecular flexibility index (Phi) is 3.40. The molecular formula is C11H16FN. The Bertz CT molecular complexity index is 279. The highest BCUT2D eigenvalue weighted by Gasteiger charge is 2.24. The maximum absolute atomic E-state index is 12.7. The van der Waals surface area contributed by atoms with Crippen LogP contribution >= 0.6 is 0 Å². The van der Waals surface area contributed by atoms with Crippen LogP contribution < -0.4 is 0 Å². The van der Waals surface area contributed by atoms with Gasteiger partial charge in [0.05, 0.1) is 5.69 Å². The van der Waals surface area contributed by atoms with E-state index in [2.05, 4.69) is 4.98 Å². The van der Waals surface area contributed by atoms with Crippen LogP contribution in [0.25, 0.3) is 0 Å². The zero-order chi connectivity index (χ0) is 9.84. The molecule has 1 aromatic heterocycles. The molecule has 0 N–H and O–H groups in total. The van der Waals surface area contributed by atoms with Crippen LogP contribution in [0.3, 0.4) is 0 Å². The Morgan fingerprint density at radius 2 is 1.92 bits per heavy atom. The van der Waals surface area contributed by atoms with E-state index in [9.17, 15) is 4.39 Å². The zero-order valence-electron chi connectivity index (χ0n) is 8.47. The molecule has 2 rings (SSSR count). The fraction of sp³-hybridized carbons (Fsp3) is 0.545. The lowest BCUT2D eigenvalue weighted by Gasteiger charge is -1.98. The summed E-state index contributed by atoms with van der Waals surface area (Å²) in [5, 5.41) is 0. The lowest BCUT2D eigenvalue weighted by Crippen LogP contribution is -1.92. The molecule has 1 saturated carbocycles. The maximum Gasteiger partial charge on any atom is 0.144 e. The summed E-state index contributed by atoms with van der Waals surface area (Å²) in [7, 11) is 0. The van der Waals surface area contributed by atoms with Crippen LogP contribution in [-0.4, -0.2) is 4.98 Å². The van der Waals surface area contributed by atoms with Crippen molar-refractivity contribution in [1.82, 2.24) is 4.98 Å². The first-order valence-corrected chi connectivity index (χ1v) is 4.90. The van der Waals surface area contributed by atoms with Crippen LogP contribution in [0.5, 0.6) is 0 Å². The second kappa shape index (κ2) is 4.35. The number of halogens is 1. The van der Waals surface area contributed by atoms with Gasteiger partial charge in [-0.25, -0.2) is 4.39 Å². The van der Waals surface area contributed by atoms with Crippen LogP contribution in [0.4, 0.5) is 4.39 Å². The van der Waals surface area contributed by atoms with Crippen LogP contribution in [0.1, 0.15) is 44.0 Å². The minimum Gasteiger partial charge on any atom is -0.255 e. The minimum absolute atomic E-state index is 0.200. The third-order valence-electron chi connectivity index (χ3n) is 2.04. The van der Waals surface area contributed by atoms with Crippen molar-refractivity contribution in [3.8, 4) is 0 Å². The van der Waals surface area contributed by atoms with Gasteiger partial charge in [-0.3, -0.25) is 4.98 Å². The zero-order valence-corrected chi connectivity index (χ0v) is 8.47. The topological polar surface area (TPSA) is 12.9 Å². The number of hydrogen-bond donors (Lipinski definition) is 0. The molecule has 1 aromatic rings. The van der Waals surface area contributed by atoms with Crippen molar-refractivity contribution in [1.29, 1.82) is 0 Å². The second-order valence-corrected chi connectivity index (χ2v) is 3.08. The molecule has 1 heterocycles. The number of hydrogen-bond acceptors (Lipinski definition) is 1. The summed E-state index contributed by atoms with van der Waals surface area (Å²) in [5.41, 5.74) is 1.58. The van der Waals surface area contributed by atoms with Gasteiger partial charge in [0.1, 0.15) is 5.82 Å². The third kappa shape index (κ3) is 2.51. The van der Waals surface area contributed by atoms with Gasteiger partial charge in [-0.2, -0.15) is 0 Å². The average Bonchev–Trinajstić information content (AvgIpc) is 2.96. The lowest BCUT2D eigenvalue weighted by atomic mass is 10.2. The van der Waals surface area contributed by atoms with Gasteiger partial charge in [-0.05, 0) is 31.9 Å². The summed E-state index contributed by atoms with van der Waals surface area (Å²) >= 11 is 0. The highest BCUT2D eigenvalue weighted by molar-refractivity contribution is 5.18. The Labute approximate surface area is 79.0 Å². The first-order chi connectivity index (χ1) is 6.27. The molecule has 1 aliphatic rings. The standard InChI is InChI=1S/C9H10FN.C2H6/c1-6-8(10)4-5-9(11-6)7-2-3-7;1-2/h4-5,7H,2-3H2,1H3;1-2H3. The SMILES string of the molecule is CC.Cc1nc(C2CC2)ccc1F. The van der Waals surface area contributed by atoms with Gasteiger partial charge in [-0.1, -0.05) is 13.8 Å². The van der Waals surface area contributed by atoms with Crippen LogP contribution in [0, 0.1) is 12.7 Å².